The van der Waals surface area contributed by atoms with E-state index in [1.54, 1.807) is 0 Å². The first-order valence-corrected chi connectivity index (χ1v) is 7.11. The van der Waals surface area contributed by atoms with Gasteiger partial charge in [0.05, 0.1) is 0 Å². The predicted molar refractivity (Wildman–Crippen MR) is 76.8 cm³/mol. The van der Waals surface area contributed by atoms with Crippen LogP contribution in [-0.4, -0.2) is 12.2 Å². The first-order valence-electron chi connectivity index (χ1n) is 7.11. The molecule has 0 saturated heterocycles. The van der Waals surface area contributed by atoms with Crippen LogP contribution in [0.4, 0.5) is 0 Å². The minimum atomic E-state index is 0.450. The van der Waals surface area contributed by atoms with Crippen molar-refractivity contribution in [2.24, 2.45) is 0 Å². The lowest BCUT2D eigenvalue weighted by molar-refractivity contribution is 0.287. The summed E-state index contributed by atoms with van der Waals surface area (Å²) >= 11 is 0. The van der Waals surface area contributed by atoms with E-state index in [2.05, 4.69) is 22.6 Å². The molecule has 0 radical (unpaired) electrons. The lowest BCUT2D eigenvalue weighted by atomic mass is 9.87. The number of nitrogens with zero attached hydrogens (tertiary/aromatic N) is 1. The number of nitrogens with one attached hydrogen (secondary N) is 1. The highest BCUT2D eigenvalue weighted by Gasteiger charge is 2.18. The third kappa shape index (κ3) is 2.70. The Morgan fingerprint density at radius 1 is 1.40 bits per heavy atom. The molecule has 0 amide bonds. The van der Waals surface area contributed by atoms with E-state index in [4.69, 9.17) is 9.26 Å². The van der Waals surface area contributed by atoms with Crippen LogP contribution >= 0.6 is 0 Å². The summed E-state index contributed by atoms with van der Waals surface area (Å²) in [6, 6.07) is 8.76. The molecule has 1 aliphatic rings. The van der Waals surface area contributed by atoms with E-state index in [0.29, 0.717) is 12.6 Å². The molecule has 0 saturated carbocycles. The van der Waals surface area contributed by atoms with E-state index in [-0.39, 0.29) is 0 Å². The van der Waals surface area contributed by atoms with Crippen molar-refractivity contribution < 1.29 is 9.26 Å². The van der Waals surface area contributed by atoms with Crippen molar-refractivity contribution in [3.63, 3.8) is 0 Å². The number of fused-ring (bicyclic) bond motifs is 1. The Balaban J connectivity index is 1.72. The number of rotatable bonds is 4. The quantitative estimate of drug-likeness (QED) is 0.928. The first kappa shape index (κ1) is 13.2. The topological polar surface area (TPSA) is 47.3 Å². The summed E-state index contributed by atoms with van der Waals surface area (Å²) in [7, 11) is 2.02. The molecule has 4 nitrogen and oxygen atoms in total. The molecule has 4 heteroatoms. The largest absolute Gasteiger partial charge is 0.487 e. The van der Waals surface area contributed by atoms with Gasteiger partial charge < -0.3 is 14.6 Å². The van der Waals surface area contributed by atoms with Gasteiger partial charge in [-0.1, -0.05) is 11.2 Å². The molecule has 106 valence electrons. The molecule has 1 atom stereocenters. The molecule has 2 aromatic rings. The summed E-state index contributed by atoms with van der Waals surface area (Å²) < 4.78 is 10.8. The van der Waals surface area contributed by atoms with Gasteiger partial charge in [0.25, 0.3) is 0 Å². The van der Waals surface area contributed by atoms with E-state index in [1.165, 1.54) is 24.0 Å². The molecule has 1 N–H and O–H groups in total. The molecule has 0 aliphatic heterocycles. The number of hydrogen-bond acceptors (Lipinski definition) is 4. The summed E-state index contributed by atoms with van der Waals surface area (Å²) in [5, 5.41) is 7.31. The normalized spacial score (nSPS) is 17.8. The average Bonchev–Trinajstić information content (AvgIpc) is 2.89. The van der Waals surface area contributed by atoms with Crippen LogP contribution in [0.1, 0.15) is 41.5 Å². The van der Waals surface area contributed by atoms with E-state index in [9.17, 15) is 0 Å². The monoisotopic (exact) mass is 272 g/mol. The standard InChI is InChI=1S/C16H20N2O2/c1-11-8-13(18-20-11)10-19-14-6-7-15-12(9-14)4-3-5-16(15)17-2/h6-9,16-17H,3-5,10H2,1-2H3. The Bertz CT molecular complexity index is 592. The van der Waals surface area contributed by atoms with Crippen molar-refractivity contribution in [1.29, 1.82) is 0 Å². The van der Waals surface area contributed by atoms with Crippen molar-refractivity contribution in [2.75, 3.05) is 7.05 Å². The zero-order valence-electron chi connectivity index (χ0n) is 12.0. The van der Waals surface area contributed by atoms with Crippen LogP contribution in [0.2, 0.25) is 0 Å². The molecule has 20 heavy (non-hydrogen) atoms. The Hall–Kier alpha value is -1.81. The van der Waals surface area contributed by atoms with E-state index in [1.807, 2.05) is 26.1 Å². The van der Waals surface area contributed by atoms with Crippen LogP contribution in [0.3, 0.4) is 0 Å². The van der Waals surface area contributed by atoms with Crippen LogP contribution in [0.25, 0.3) is 0 Å². The smallest absolute Gasteiger partial charge is 0.134 e. The van der Waals surface area contributed by atoms with E-state index >= 15 is 0 Å². The van der Waals surface area contributed by atoms with Gasteiger partial charge in [-0.25, -0.2) is 0 Å². The summed E-state index contributed by atoms with van der Waals surface area (Å²) in [6.45, 7) is 2.33. The van der Waals surface area contributed by atoms with Gasteiger partial charge in [0.2, 0.25) is 0 Å². The molecule has 1 unspecified atom stereocenters. The molecule has 0 fully saturated rings. The highest BCUT2D eigenvalue weighted by molar-refractivity contribution is 5.39. The summed E-state index contributed by atoms with van der Waals surface area (Å²) in [5.74, 6) is 1.71. The Morgan fingerprint density at radius 3 is 3.05 bits per heavy atom. The lowest BCUT2D eigenvalue weighted by Gasteiger charge is -2.25. The molecular weight excluding hydrogens is 252 g/mol. The second kappa shape index (κ2) is 5.67. The van der Waals surface area contributed by atoms with Crippen LogP contribution in [0.15, 0.2) is 28.8 Å². The molecule has 3 rings (SSSR count). The van der Waals surface area contributed by atoms with Gasteiger partial charge in [-0.05, 0) is 56.5 Å². The highest BCUT2D eigenvalue weighted by atomic mass is 16.5. The molecular formula is C16H20N2O2. The molecule has 0 bridgehead atoms. The van der Waals surface area contributed by atoms with Gasteiger partial charge in [0, 0.05) is 12.1 Å². The first-order chi connectivity index (χ1) is 9.76. The maximum atomic E-state index is 5.80. The van der Waals surface area contributed by atoms with Crippen LogP contribution in [0.5, 0.6) is 5.75 Å². The predicted octanol–water partition coefficient (Wildman–Crippen LogP) is 3.16. The van der Waals surface area contributed by atoms with E-state index in [0.717, 1.165) is 23.6 Å². The summed E-state index contributed by atoms with van der Waals surface area (Å²) in [5.41, 5.74) is 3.63. The fraction of sp³-hybridized carbons (Fsp3) is 0.438. The average molecular weight is 272 g/mol. The fourth-order valence-corrected chi connectivity index (χ4v) is 2.82. The SMILES string of the molecule is CNC1CCCc2cc(OCc3cc(C)on3)ccc21. The van der Waals surface area contributed by atoms with Crippen molar-refractivity contribution in [3.05, 3.63) is 46.8 Å². The van der Waals surface area contributed by atoms with Gasteiger partial charge in [-0.2, -0.15) is 0 Å². The third-order valence-electron chi connectivity index (χ3n) is 3.84. The zero-order valence-corrected chi connectivity index (χ0v) is 12.0. The third-order valence-corrected chi connectivity index (χ3v) is 3.84. The Kier molecular flexibility index (Phi) is 3.74. The second-order valence-corrected chi connectivity index (χ2v) is 5.31. The maximum absolute atomic E-state index is 5.80. The number of aryl methyl sites for hydroxylation is 2. The van der Waals surface area contributed by atoms with Gasteiger partial charge >= 0.3 is 0 Å². The summed E-state index contributed by atoms with van der Waals surface area (Å²) in [4.78, 5) is 0. The Morgan fingerprint density at radius 2 is 2.30 bits per heavy atom. The molecule has 1 aliphatic carbocycles. The highest BCUT2D eigenvalue weighted by Crippen LogP contribution is 2.32. The van der Waals surface area contributed by atoms with Gasteiger partial charge in [-0.3, -0.25) is 0 Å². The van der Waals surface area contributed by atoms with Gasteiger partial charge in [0.1, 0.15) is 23.8 Å². The number of hydrogen-bond donors (Lipinski definition) is 1. The Labute approximate surface area is 119 Å². The second-order valence-electron chi connectivity index (χ2n) is 5.31. The van der Waals surface area contributed by atoms with Crippen molar-refractivity contribution in [2.45, 2.75) is 38.8 Å². The minimum absolute atomic E-state index is 0.450. The lowest BCUT2D eigenvalue weighted by Crippen LogP contribution is -2.21. The van der Waals surface area contributed by atoms with Crippen molar-refractivity contribution >= 4 is 0 Å². The number of ether oxygens (including phenoxy) is 1. The minimum Gasteiger partial charge on any atom is -0.487 e. The van der Waals surface area contributed by atoms with Crippen molar-refractivity contribution in [1.82, 2.24) is 10.5 Å². The van der Waals surface area contributed by atoms with Gasteiger partial charge in [0.15, 0.2) is 0 Å². The van der Waals surface area contributed by atoms with Crippen LogP contribution in [-0.2, 0) is 13.0 Å². The summed E-state index contributed by atoms with van der Waals surface area (Å²) in [6.07, 6.45) is 3.57. The molecule has 1 aromatic heterocycles. The maximum Gasteiger partial charge on any atom is 0.134 e. The molecule has 1 heterocycles. The fourth-order valence-electron chi connectivity index (χ4n) is 2.82. The number of aromatic nitrogens is 1. The van der Waals surface area contributed by atoms with Crippen molar-refractivity contribution in [3.8, 4) is 5.75 Å². The van der Waals surface area contributed by atoms with E-state index < -0.39 is 0 Å². The molecule has 1 aromatic carbocycles. The van der Waals surface area contributed by atoms with Gasteiger partial charge in [-0.15, -0.1) is 0 Å². The van der Waals surface area contributed by atoms with Crippen LogP contribution < -0.4 is 10.1 Å². The van der Waals surface area contributed by atoms with Crippen LogP contribution in [0, 0.1) is 6.92 Å². The zero-order chi connectivity index (χ0) is 13.9. The molecule has 0 spiro atoms. The number of benzene rings is 1.